The van der Waals surface area contributed by atoms with Crippen LogP contribution in [0.4, 0.5) is 0 Å². The lowest BCUT2D eigenvalue weighted by molar-refractivity contribution is 0.418. The molecule has 0 saturated heterocycles. The van der Waals surface area contributed by atoms with Crippen LogP contribution in [-0.2, 0) is 6.54 Å². The second-order valence-electron chi connectivity index (χ2n) is 4.33. The van der Waals surface area contributed by atoms with Gasteiger partial charge in [0.15, 0.2) is 0 Å². The van der Waals surface area contributed by atoms with E-state index in [1.54, 1.807) is 6.26 Å². The van der Waals surface area contributed by atoms with Gasteiger partial charge in [0, 0.05) is 6.04 Å². The van der Waals surface area contributed by atoms with Crippen LogP contribution in [0.2, 0.25) is 0 Å². The summed E-state index contributed by atoms with van der Waals surface area (Å²) in [5.74, 6) is 1.81. The van der Waals surface area contributed by atoms with E-state index in [-0.39, 0.29) is 0 Å². The lowest BCUT2D eigenvalue weighted by atomic mass is 10.0. The first-order chi connectivity index (χ1) is 6.68. The molecular formula is C12H21NO. The van der Waals surface area contributed by atoms with Crippen LogP contribution >= 0.6 is 0 Å². The van der Waals surface area contributed by atoms with Crippen LogP contribution in [0, 0.1) is 5.92 Å². The molecule has 0 bridgehead atoms. The summed E-state index contributed by atoms with van der Waals surface area (Å²) < 4.78 is 5.25. The maximum Gasteiger partial charge on any atom is 0.117 e. The van der Waals surface area contributed by atoms with Gasteiger partial charge in [0.1, 0.15) is 5.76 Å². The molecule has 2 nitrogen and oxygen atoms in total. The summed E-state index contributed by atoms with van der Waals surface area (Å²) in [6, 6.07) is 4.50. The van der Waals surface area contributed by atoms with Crippen molar-refractivity contribution in [3.8, 4) is 0 Å². The van der Waals surface area contributed by atoms with Crippen molar-refractivity contribution in [2.24, 2.45) is 5.92 Å². The fourth-order valence-electron chi connectivity index (χ4n) is 1.37. The van der Waals surface area contributed by atoms with Crippen molar-refractivity contribution in [2.75, 3.05) is 0 Å². The van der Waals surface area contributed by atoms with Gasteiger partial charge in [-0.25, -0.2) is 0 Å². The second kappa shape index (κ2) is 5.86. The minimum atomic E-state index is 0.572. The molecule has 1 aromatic rings. The number of rotatable bonds is 6. The van der Waals surface area contributed by atoms with E-state index < -0.39 is 0 Å². The van der Waals surface area contributed by atoms with E-state index in [4.69, 9.17) is 4.42 Å². The molecule has 0 aromatic carbocycles. The first-order valence-electron chi connectivity index (χ1n) is 5.44. The molecule has 0 amide bonds. The molecule has 0 aliphatic rings. The standard InChI is InChI=1S/C12H21NO/c1-10(2)6-7-11(3)13-9-12-5-4-8-14-12/h4-5,8,10-11,13H,6-7,9H2,1-3H3. The highest BCUT2D eigenvalue weighted by molar-refractivity contribution is 4.97. The number of furan rings is 1. The van der Waals surface area contributed by atoms with Crippen LogP contribution in [0.1, 0.15) is 39.4 Å². The van der Waals surface area contributed by atoms with Gasteiger partial charge >= 0.3 is 0 Å². The van der Waals surface area contributed by atoms with Crippen LogP contribution in [0.3, 0.4) is 0 Å². The summed E-state index contributed by atoms with van der Waals surface area (Å²) in [5.41, 5.74) is 0. The Morgan fingerprint density at radius 2 is 2.07 bits per heavy atom. The first-order valence-corrected chi connectivity index (χ1v) is 5.44. The monoisotopic (exact) mass is 195 g/mol. The van der Waals surface area contributed by atoms with E-state index in [0.29, 0.717) is 6.04 Å². The summed E-state index contributed by atoms with van der Waals surface area (Å²) in [4.78, 5) is 0. The van der Waals surface area contributed by atoms with E-state index in [2.05, 4.69) is 26.1 Å². The molecule has 1 rings (SSSR count). The van der Waals surface area contributed by atoms with Gasteiger partial charge in [-0.1, -0.05) is 13.8 Å². The Labute approximate surface area is 86.7 Å². The van der Waals surface area contributed by atoms with Crippen molar-refractivity contribution < 1.29 is 4.42 Å². The largest absolute Gasteiger partial charge is 0.468 e. The molecule has 0 fully saturated rings. The van der Waals surface area contributed by atoms with Gasteiger partial charge in [-0.3, -0.25) is 0 Å². The Bertz CT molecular complexity index is 228. The van der Waals surface area contributed by atoms with Crippen molar-refractivity contribution in [1.82, 2.24) is 5.32 Å². The average Bonchev–Trinajstić information content (AvgIpc) is 2.63. The molecule has 1 atom stereocenters. The molecule has 1 unspecified atom stereocenters. The minimum absolute atomic E-state index is 0.572. The molecule has 0 saturated carbocycles. The molecule has 1 N–H and O–H groups in total. The Morgan fingerprint density at radius 1 is 1.29 bits per heavy atom. The number of hydrogen-bond acceptors (Lipinski definition) is 2. The van der Waals surface area contributed by atoms with Crippen molar-refractivity contribution in [3.05, 3.63) is 24.2 Å². The SMILES string of the molecule is CC(C)CCC(C)NCc1ccco1. The highest BCUT2D eigenvalue weighted by Gasteiger charge is 2.03. The highest BCUT2D eigenvalue weighted by Crippen LogP contribution is 2.07. The van der Waals surface area contributed by atoms with Gasteiger partial charge in [-0.15, -0.1) is 0 Å². The predicted octanol–water partition coefficient (Wildman–Crippen LogP) is 3.19. The summed E-state index contributed by atoms with van der Waals surface area (Å²) in [5, 5.41) is 3.45. The van der Waals surface area contributed by atoms with Gasteiger partial charge < -0.3 is 9.73 Å². The van der Waals surface area contributed by atoms with Crippen LogP contribution < -0.4 is 5.32 Å². The third-order valence-electron chi connectivity index (χ3n) is 2.38. The molecule has 80 valence electrons. The summed E-state index contributed by atoms with van der Waals surface area (Å²) in [7, 11) is 0. The Balaban J connectivity index is 2.12. The van der Waals surface area contributed by atoms with Gasteiger partial charge in [-0.2, -0.15) is 0 Å². The second-order valence-corrected chi connectivity index (χ2v) is 4.33. The average molecular weight is 195 g/mol. The van der Waals surface area contributed by atoms with E-state index in [9.17, 15) is 0 Å². The summed E-state index contributed by atoms with van der Waals surface area (Å²) in [6.45, 7) is 7.59. The molecule has 1 aromatic heterocycles. The zero-order valence-corrected chi connectivity index (χ0v) is 9.42. The van der Waals surface area contributed by atoms with Crippen molar-refractivity contribution in [3.63, 3.8) is 0 Å². The van der Waals surface area contributed by atoms with Gasteiger partial charge in [0.25, 0.3) is 0 Å². The summed E-state index contributed by atoms with van der Waals surface area (Å²) >= 11 is 0. The lowest BCUT2D eigenvalue weighted by Gasteiger charge is -2.13. The predicted molar refractivity (Wildman–Crippen MR) is 59.1 cm³/mol. The fourth-order valence-corrected chi connectivity index (χ4v) is 1.37. The third-order valence-corrected chi connectivity index (χ3v) is 2.38. The van der Waals surface area contributed by atoms with E-state index >= 15 is 0 Å². The number of hydrogen-bond donors (Lipinski definition) is 1. The Morgan fingerprint density at radius 3 is 2.64 bits per heavy atom. The van der Waals surface area contributed by atoms with E-state index in [1.165, 1.54) is 12.8 Å². The van der Waals surface area contributed by atoms with E-state index in [1.807, 2.05) is 12.1 Å². The first kappa shape index (κ1) is 11.3. The smallest absolute Gasteiger partial charge is 0.117 e. The third kappa shape index (κ3) is 4.47. The van der Waals surface area contributed by atoms with Gasteiger partial charge in [0.05, 0.1) is 12.8 Å². The van der Waals surface area contributed by atoms with Gasteiger partial charge in [-0.05, 0) is 37.8 Å². The van der Waals surface area contributed by atoms with Crippen molar-refractivity contribution in [2.45, 2.75) is 46.2 Å². The molecule has 0 radical (unpaired) electrons. The molecule has 0 spiro atoms. The minimum Gasteiger partial charge on any atom is -0.468 e. The summed E-state index contributed by atoms with van der Waals surface area (Å²) in [6.07, 6.45) is 4.24. The molecule has 0 aliphatic heterocycles. The van der Waals surface area contributed by atoms with Crippen LogP contribution in [0.5, 0.6) is 0 Å². The zero-order valence-electron chi connectivity index (χ0n) is 9.42. The maximum absolute atomic E-state index is 5.25. The van der Waals surface area contributed by atoms with Crippen molar-refractivity contribution >= 4 is 0 Å². The fraction of sp³-hybridized carbons (Fsp3) is 0.667. The van der Waals surface area contributed by atoms with Crippen LogP contribution in [0.15, 0.2) is 22.8 Å². The molecule has 1 heterocycles. The number of nitrogens with one attached hydrogen (secondary N) is 1. The van der Waals surface area contributed by atoms with E-state index in [0.717, 1.165) is 18.2 Å². The lowest BCUT2D eigenvalue weighted by Crippen LogP contribution is -2.25. The Hall–Kier alpha value is -0.760. The normalized spacial score (nSPS) is 13.4. The highest BCUT2D eigenvalue weighted by atomic mass is 16.3. The topological polar surface area (TPSA) is 25.2 Å². The molecular weight excluding hydrogens is 174 g/mol. The molecule has 2 heteroatoms. The maximum atomic E-state index is 5.25. The molecule has 14 heavy (non-hydrogen) atoms. The van der Waals surface area contributed by atoms with Crippen LogP contribution in [-0.4, -0.2) is 6.04 Å². The zero-order chi connectivity index (χ0) is 10.4. The van der Waals surface area contributed by atoms with Crippen molar-refractivity contribution in [1.29, 1.82) is 0 Å². The van der Waals surface area contributed by atoms with Gasteiger partial charge in [0.2, 0.25) is 0 Å². The molecule has 0 aliphatic carbocycles. The quantitative estimate of drug-likeness (QED) is 0.754. The Kier molecular flexibility index (Phi) is 4.74. The van der Waals surface area contributed by atoms with Crippen LogP contribution in [0.25, 0.3) is 0 Å².